The van der Waals surface area contributed by atoms with Crippen molar-refractivity contribution in [1.29, 1.82) is 0 Å². The maximum atomic E-state index is 10.1. The van der Waals surface area contributed by atoms with Gasteiger partial charge < -0.3 is 28.5 Å². The van der Waals surface area contributed by atoms with E-state index in [9.17, 15) is 14.4 Å². The van der Waals surface area contributed by atoms with Gasteiger partial charge in [0.1, 0.15) is 12.3 Å². The van der Waals surface area contributed by atoms with Gasteiger partial charge in [-0.05, 0) is 6.92 Å². The minimum absolute atomic E-state index is 0.0164. The number of hydrogen-bond donors (Lipinski definition) is 1. The van der Waals surface area contributed by atoms with Crippen molar-refractivity contribution in [3.8, 4) is 0 Å². The Balaban J connectivity index is 2.65. The molecule has 0 saturated heterocycles. The van der Waals surface area contributed by atoms with Crippen LogP contribution < -0.4 is 9.79 Å². The van der Waals surface area contributed by atoms with E-state index < -0.39 is 14.4 Å². The molecule has 0 saturated carbocycles. The van der Waals surface area contributed by atoms with Crippen LogP contribution in [-0.4, -0.2) is 15.9 Å². The van der Waals surface area contributed by atoms with Gasteiger partial charge in [-0.25, -0.2) is 4.98 Å². The van der Waals surface area contributed by atoms with E-state index >= 15 is 0 Å². The first-order valence-corrected chi connectivity index (χ1v) is 5.19. The van der Waals surface area contributed by atoms with E-state index in [0.29, 0.717) is 0 Å². The van der Waals surface area contributed by atoms with E-state index in [1.54, 1.807) is 0 Å². The van der Waals surface area contributed by atoms with Crippen molar-refractivity contribution in [3.05, 3.63) is 17.8 Å². The third-order valence-electron chi connectivity index (χ3n) is 1.38. The lowest BCUT2D eigenvalue weighted by atomic mass is 10.4. The number of hydrogen-bond acceptors (Lipinski definition) is 8. The molecule has 0 radical (unpaired) electrons. The Morgan fingerprint density at radius 3 is 3.00 bits per heavy atom. The molecule has 0 aromatic carbocycles. The fraction of sp³-hybridized carbons (Fsp3) is 0.333. The third kappa shape index (κ3) is 3.80. The predicted octanol–water partition coefficient (Wildman–Crippen LogP) is -0.782. The Labute approximate surface area is 84.4 Å². The van der Waals surface area contributed by atoms with Crippen LogP contribution in [0.15, 0.2) is 15.8 Å². The SMILES string of the molecule is C/C(=N\O)c1ncc(COP(=O)([O-])[O-])o1. The quantitative estimate of drug-likeness (QED) is 0.312. The lowest BCUT2D eigenvalue weighted by Gasteiger charge is -2.27. The highest BCUT2D eigenvalue weighted by Gasteiger charge is 2.07. The van der Waals surface area contributed by atoms with Crippen molar-refractivity contribution in [1.82, 2.24) is 4.98 Å². The Kier molecular flexibility index (Phi) is 3.59. The molecule has 8 nitrogen and oxygen atoms in total. The molecule has 0 aliphatic rings. The Morgan fingerprint density at radius 2 is 2.47 bits per heavy atom. The van der Waals surface area contributed by atoms with E-state index in [1.807, 2.05) is 0 Å². The average Bonchev–Trinajstić information content (AvgIpc) is 2.61. The van der Waals surface area contributed by atoms with Gasteiger partial charge in [-0.2, -0.15) is 0 Å². The van der Waals surface area contributed by atoms with Crippen molar-refractivity contribution in [2.24, 2.45) is 5.16 Å². The number of oxazole rings is 1. The molecule has 0 spiro atoms. The normalized spacial score (nSPS) is 13.1. The topological polar surface area (TPSA) is 131 Å². The molecule has 1 aromatic heterocycles. The van der Waals surface area contributed by atoms with Gasteiger partial charge in [0.15, 0.2) is 5.76 Å². The largest absolute Gasteiger partial charge is 0.790 e. The molecule has 1 heterocycles. The fourth-order valence-electron chi connectivity index (χ4n) is 0.727. The van der Waals surface area contributed by atoms with Crippen LogP contribution in [0.4, 0.5) is 0 Å². The predicted molar refractivity (Wildman–Crippen MR) is 42.9 cm³/mol. The molecule has 0 aliphatic heterocycles. The van der Waals surface area contributed by atoms with Gasteiger partial charge in [-0.3, -0.25) is 0 Å². The van der Waals surface area contributed by atoms with Gasteiger partial charge in [0.05, 0.1) is 14.0 Å². The second kappa shape index (κ2) is 4.54. The Hall–Kier alpha value is -1.21. The molecule has 84 valence electrons. The van der Waals surface area contributed by atoms with E-state index in [1.165, 1.54) is 13.1 Å². The number of phosphoric ester groups is 1. The summed E-state index contributed by atoms with van der Waals surface area (Å²) in [6.45, 7) is 0.901. The van der Waals surface area contributed by atoms with Crippen LogP contribution in [0.5, 0.6) is 0 Å². The monoisotopic (exact) mass is 234 g/mol. The molecule has 0 atom stereocenters. The number of aromatic nitrogens is 1. The highest BCUT2D eigenvalue weighted by molar-refractivity contribution is 7.43. The maximum absolute atomic E-state index is 10.1. The number of rotatable bonds is 4. The van der Waals surface area contributed by atoms with Crippen LogP contribution in [0.2, 0.25) is 0 Å². The highest BCUT2D eigenvalue weighted by Crippen LogP contribution is 2.26. The molecule has 1 rings (SSSR count). The zero-order valence-corrected chi connectivity index (χ0v) is 8.51. The summed E-state index contributed by atoms with van der Waals surface area (Å²) in [5.74, 6) is 0.0580. The molecule has 0 aliphatic carbocycles. The number of phosphoric acid groups is 1. The van der Waals surface area contributed by atoms with Gasteiger partial charge in [-0.1, -0.05) is 5.16 Å². The average molecular weight is 234 g/mol. The Bertz CT molecular complexity index is 408. The zero-order valence-electron chi connectivity index (χ0n) is 7.61. The van der Waals surface area contributed by atoms with Gasteiger partial charge in [0, 0.05) is 0 Å². The summed E-state index contributed by atoms with van der Waals surface area (Å²) in [4.78, 5) is 23.9. The van der Waals surface area contributed by atoms with Crippen LogP contribution in [-0.2, 0) is 15.7 Å². The van der Waals surface area contributed by atoms with Crippen molar-refractivity contribution in [3.63, 3.8) is 0 Å². The third-order valence-corrected chi connectivity index (χ3v) is 1.82. The van der Waals surface area contributed by atoms with Crippen molar-refractivity contribution in [2.75, 3.05) is 0 Å². The van der Waals surface area contributed by atoms with Gasteiger partial charge >= 0.3 is 0 Å². The van der Waals surface area contributed by atoms with Crippen LogP contribution in [0.25, 0.3) is 0 Å². The minimum atomic E-state index is -5.02. The molecule has 1 aromatic rings. The summed E-state index contributed by atoms with van der Waals surface area (Å²) in [7, 11) is -5.02. The van der Waals surface area contributed by atoms with E-state index in [2.05, 4.69) is 14.7 Å². The molecule has 0 unspecified atom stereocenters. The summed E-state index contributed by atoms with van der Waals surface area (Å²) < 4.78 is 19.0. The van der Waals surface area contributed by atoms with Crippen molar-refractivity contribution < 1.29 is 28.5 Å². The fourth-order valence-corrected chi connectivity index (χ4v) is 1.01. The van der Waals surface area contributed by atoms with Crippen LogP contribution in [0.1, 0.15) is 18.6 Å². The van der Waals surface area contributed by atoms with Crippen molar-refractivity contribution >= 4 is 13.5 Å². The summed E-state index contributed by atoms with van der Waals surface area (Å²) >= 11 is 0. The number of oxime groups is 1. The second-order valence-corrected chi connectivity index (χ2v) is 3.69. The lowest BCUT2D eigenvalue weighted by Crippen LogP contribution is -2.15. The molecule has 9 heteroatoms. The molecule has 0 amide bonds. The summed E-state index contributed by atoms with van der Waals surface area (Å²) in [6, 6.07) is 0. The maximum Gasteiger partial charge on any atom is 0.244 e. The van der Waals surface area contributed by atoms with Crippen LogP contribution >= 0.6 is 7.82 Å². The van der Waals surface area contributed by atoms with E-state index in [4.69, 9.17) is 9.62 Å². The van der Waals surface area contributed by atoms with E-state index in [0.717, 1.165) is 0 Å². The second-order valence-electron chi connectivity index (χ2n) is 2.54. The molecule has 15 heavy (non-hydrogen) atoms. The summed E-state index contributed by atoms with van der Waals surface area (Å²) in [5, 5.41) is 11.2. The Morgan fingerprint density at radius 1 is 1.80 bits per heavy atom. The minimum Gasteiger partial charge on any atom is -0.790 e. The highest BCUT2D eigenvalue weighted by atomic mass is 31.2. The summed E-state index contributed by atoms with van der Waals surface area (Å²) in [6.07, 6.45) is 1.17. The van der Waals surface area contributed by atoms with Crippen LogP contribution in [0.3, 0.4) is 0 Å². The molecular formula is C6H7N2O6P-2. The molecule has 1 N–H and O–H groups in total. The first-order valence-electron chi connectivity index (χ1n) is 3.72. The molecule has 0 bridgehead atoms. The zero-order chi connectivity index (χ0) is 11.5. The molecule has 0 fully saturated rings. The van der Waals surface area contributed by atoms with Gasteiger partial charge in [-0.15, -0.1) is 0 Å². The summed E-state index contributed by atoms with van der Waals surface area (Å²) in [5.41, 5.74) is 0.119. The first-order chi connectivity index (χ1) is 6.92. The first kappa shape index (κ1) is 11.9. The van der Waals surface area contributed by atoms with Gasteiger partial charge in [0.2, 0.25) is 5.89 Å². The molecular weight excluding hydrogens is 227 g/mol. The van der Waals surface area contributed by atoms with E-state index in [-0.39, 0.29) is 17.4 Å². The smallest absolute Gasteiger partial charge is 0.244 e. The standard InChI is InChI=1S/C6H9N2O6P/c1-4(8-9)6-7-2-5(14-6)3-13-15(10,11)12/h2,9H,3H2,1H3,(H2,10,11,12)/p-2/b8-4+. The number of nitrogens with zero attached hydrogens (tertiary/aromatic N) is 2. The lowest BCUT2D eigenvalue weighted by molar-refractivity contribution is -0.343. The van der Waals surface area contributed by atoms with Crippen molar-refractivity contribution in [2.45, 2.75) is 13.5 Å². The van der Waals surface area contributed by atoms with Gasteiger partial charge in [0.25, 0.3) is 0 Å². The van der Waals surface area contributed by atoms with Crippen LogP contribution in [0, 0.1) is 0 Å².